The van der Waals surface area contributed by atoms with Gasteiger partial charge >= 0.3 is 0 Å². The smallest absolute Gasteiger partial charge is 0.138 e. The Kier molecular flexibility index (Phi) is 3.65. The predicted octanol–water partition coefficient (Wildman–Crippen LogP) is 4.57. The highest BCUT2D eigenvalue weighted by molar-refractivity contribution is 5.80. The van der Waals surface area contributed by atoms with Crippen LogP contribution in [0.4, 0.5) is 0 Å². The van der Waals surface area contributed by atoms with Gasteiger partial charge in [-0.3, -0.25) is 0 Å². The molecule has 3 heteroatoms. The van der Waals surface area contributed by atoms with E-state index in [4.69, 9.17) is 4.74 Å². The third-order valence-corrected chi connectivity index (χ3v) is 3.50. The summed E-state index contributed by atoms with van der Waals surface area (Å²) < 4.78 is 5.89. The monoisotopic (exact) mass is 280 g/mol. The molecule has 2 aromatic carbocycles. The van der Waals surface area contributed by atoms with Crippen molar-refractivity contribution in [3.8, 4) is 17.1 Å². The summed E-state index contributed by atoms with van der Waals surface area (Å²) in [5.41, 5.74) is 4.26. The molecule has 0 bridgehead atoms. The van der Waals surface area contributed by atoms with E-state index in [1.54, 1.807) is 0 Å². The zero-order valence-electron chi connectivity index (χ0n) is 12.7. The maximum atomic E-state index is 5.89. The lowest BCUT2D eigenvalue weighted by Crippen LogP contribution is -2.05. The molecule has 0 fully saturated rings. The quantitative estimate of drug-likeness (QED) is 0.760. The van der Waals surface area contributed by atoms with Crippen LogP contribution in [0.25, 0.3) is 22.4 Å². The van der Waals surface area contributed by atoms with Gasteiger partial charge in [0.1, 0.15) is 11.6 Å². The van der Waals surface area contributed by atoms with Crippen LogP contribution in [0.3, 0.4) is 0 Å². The Bertz CT molecular complexity index is 726. The molecule has 0 saturated heterocycles. The zero-order valence-corrected chi connectivity index (χ0v) is 12.7. The largest absolute Gasteiger partial charge is 0.493 e. The molecule has 1 aromatic heterocycles. The maximum Gasteiger partial charge on any atom is 0.138 e. The summed E-state index contributed by atoms with van der Waals surface area (Å²) in [4.78, 5) is 8.05. The minimum absolute atomic E-state index is 0.513. The average Bonchev–Trinajstić information content (AvgIpc) is 2.89. The first-order valence-electron chi connectivity index (χ1n) is 7.32. The first kappa shape index (κ1) is 13.7. The van der Waals surface area contributed by atoms with Gasteiger partial charge in [0, 0.05) is 11.1 Å². The molecule has 1 heterocycles. The van der Waals surface area contributed by atoms with Crippen molar-refractivity contribution in [2.45, 2.75) is 20.8 Å². The van der Waals surface area contributed by atoms with E-state index in [2.05, 4.69) is 36.8 Å². The summed E-state index contributed by atoms with van der Waals surface area (Å²) in [5.74, 6) is 2.34. The molecule has 3 aromatic rings. The Hall–Kier alpha value is -2.29. The van der Waals surface area contributed by atoms with Gasteiger partial charge in [0.25, 0.3) is 0 Å². The fraction of sp³-hybridized carbons (Fsp3) is 0.278. The van der Waals surface area contributed by atoms with Gasteiger partial charge in [0.2, 0.25) is 0 Å². The van der Waals surface area contributed by atoms with E-state index < -0.39 is 0 Å². The van der Waals surface area contributed by atoms with E-state index in [1.165, 1.54) is 0 Å². The first-order valence-corrected chi connectivity index (χ1v) is 7.32. The second kappa shape index (κ2) is 5.60. The summed E-state index contributed by atoms with van der Waals surface area (Å²) in [5, 5.41) is 0. The number of para-hydroxylation sites is 2. The van der Waals surface area contributed by atoms with Gasteiger partial charge in [0.05, 0.1) is 17.6 Å². The van der Waals surface area contributed by atoms with Crippen LogP contribution in [0.2, 0.25) is 0 Å². The van der Waals surface area contributed by atoms with E-state index in [0.717, 1.165) is 40.3 Å². The fourth-order valence-electron chi connectivity index (χ4n) is 2.36. The minimum atomic E-state index is 0.513. The fourth-order valence-corrected chi connectivity index (χ4v) is 2.36. The van der Waals surface area contributed by atoms with Crippen molar-refractivity contribution >= 4 is 11.0 Å². The van der Waals surface area contributed by atoms with Crippen LogP contribution in [0.1, 0.15) is 19.4 Å². The summed E-state index contributed by atoms with van der Waals surface area (Å²) in [6.45, 7) is 7.11. The number of nitrogens with one attached hydrogen (secondary N) is 1. The van der Waals surface area contributed by atoms with E-state index in [0.29, 0.717) is 5.92 Å². The predicted molar refractivity (Wildman–Crippen MR) is 86.6 cm³/mol. The number of ether oxygens (including phenoxy) is 1. The standard InChI is InChI=1S/C18H20N2O/c1-12(2)11-21-17-10-6-7-14(13(17)3)18-19-15-8-4-5-9-16(15)20-18/h4-10,12H,11H2,1-3H3,(H,19,20). The first-order chi connectivity index (χ1) is 10.1. The number of nitrogens with zero attached hydrogens (tertiary/aromatic N) is 1. The molecule has 21 heavy (non-hydrogen) atoms. The summed E-state index contributed by atoms with van der Waals surface area (Å²) >= 11 is 0. The van der Waals surface area contributed by atoms with Crippen molar-refractivity contribution in [1.82, 2.24) is 9.97 Å². The van der Waals surface area contributed by atoms with Crippen LogP contribution in [0.5, 0.6) is 5.75 Å². The SMILES string of the molecule is Cc1c(OCC(C)C)cccc1-c1nc2ccccc2[nH]1. The van der Waals surface area contributed by atoms with Crippen molar-refractivity contribution in [2.24, 2.45) is 5.92 Å². The van der Waals surface area contributed by atoms with Gasteiger partial charge in [-0.2, -0.15) is 0 Å². The van der Waals surface area contributed by atoms with Gasteiger partial charge in [-0.05, 0) is 31.0 Å². The van der Waals surface area contributed by atoms with Crippen LogP contribution < -0.4 is 4.74 Å². The molecule has 0 aliphatic heterocycles. The van der Waals surface area contributed by atoms with Crippen molar-refractivity contribution in [1.29, 1.82) is 0 Å². The van der Waals surface area contributed by atoms with Crippen molar-refractivity contribution < 1.29 is 4.74 Å². The molecule has 0 aliphatic rings. The summed E-state index contributed by atoms with van der Waals surface area (Å²) in [6, 6.07) is 14.2. The highest BCUT2D eigenvalue weighted by atomic mass is 16.5. The van der Waals surface area contributed by atoms with Gasteiger partial charge in [-0.1, -0.05) is 38.1 Å². The van der Waals surface area contributed by atoms with Gasteiger partial charge in [-0.15, -0.1) is 0 Å². The second-order valence-corrected chi connectivity index (χ2v) is 5.74. The Morgan fingerprint density at radius 3 is 2.67 bits per heavy atom. The number of fused-ring (bicyclic) bond motifs is 1. The van der Waals surface area contributed by atoms with Crippen molar-refractivity contribution in [3.63, 3.8) is 0 Å². The van der Waals surface area contributed by atoms with Crippen LogP contribution in [0, 0.1) is 12.8 Å². The molecule has 0 spiro atoms. The van der Waals surface area contributed by atoms with Gasteiger partial charge in [-0.25, -0.2) is 4.98 Å². The van der Waals surface area contributed by atoms with Crippen LogP contribution in [-0.2, 0) is 0 Å². The van der Waals surface area contributed by atoms with Crippen molar-refractivity contribution in [2.75, 3.05) is 6.61 Å². The van der Waals surface area contributed by atoms with Gasteiger partial charge in [0.15, 0.2) is 0 Å². The summed E-state index contributed by atoms with van der Waals surface area (Å²) in [6.07, 6.45) is 0. The van der Waals surface area contributed by atoms with Gasteiger partial charge < -0.3 is 9.72 Å². The van der Waals surface area contributed by atoms with E-state index in [9.17, 15) is 0 Å². The molecular weight excluding hydrogens is 260 g/mol. The average molecular weight is 280 g/mol. The second-order valence-electron chi connectivity index (χ2n) is 5.74. The minimum Gasteiger partial charge on any atom is -0.493 e. The number of hydrogen-bond acceptors (Lipinski definition) is 2. The van der Waals surface area contributed by atoms with E-state index in [1.807, 2.05) is 36.4 Å². The van der Waals surface area contributed by atoms with Crippen molar-refractivity contribution in [3.05, 3.63) is 48.0 Å². The topological polar surface area (TPSA) is 37.9 Å². The van der Waals surface area contributed by atoms with Crippen LogP contribution in [-0.4, -0.2) is 16.6 Å². The lowest BCUT2D eigenvalue weighted by molar-refractivity contribution is 0.269. The Morgan fingerprint density at radius 1 is 1.10 bits per heavy atom. The number of aromatic amines is 1. The number of benzene rings is 2. The third-order valence-electron chi connectivity index (χ3n) is 3.50. The molecule has 0 radical (unpaired) electrons. The molecular formula is C18H20N2O. The molecule has 0 amide bonds. The van der Waals surface area contributed by atoms with Crippen LogP contribution >= 0.6 is 0 Å². The molecule has 3 rings (SSSR count). The number of imidazole rings is 1. The Labute approximate surface area is 125 Å². The number of H-pyrrole nitrogens is 1. The molecule has 108 valence electrons. The highest BCUT2D eigenvalue weighted by Crippen LogP contribution is 2.29. The highest BCUT2D eigenvalue weighted by Gasteiger charge is 2.11. The number of rotatable bonds is 4. The van der Waals surface area contributed by atoms with E-state index in [-0.39, 0.29) is 0 Å². The Balaban J connectivity index is 1.99. The maximum absolute atomic E-state index is 5.89. The molecule has 0 saturated carbocycles. The number of hydrogen-bond donors (Lipinski definition) is 1. The van der Waals surface area contributed by atoms with Crippen LogP contribution in [0.15, 0.2) is 42.5 Å². The lowest BCUT2D eigenvalue weighted by atomic mass is 10.1. The lowest BCUT2D eigenvalue weighted by Gasteiger charge is -2.13. The molecule has 0 atom stereocenters. The summed E-state index contributed by atoms with van der Waals surface area (Å²) in [7, 11) is 0. The molecule has 1 N–H and O–H groups in total. The third kappa shape index (κ3) is 2.77. The normalized spacial score (nSPS) is 11.2. The van der Waals surface area contributed by atoms with E-state index >= 15 is 0 Å². The molecule has 3 nitrogen and oxygen atoms in total. The molecule has 0 aliphatic carbocycles. The zero-order chi connectivity index (χ0) is 14.8. The number of aromatic nitrogens is 2. The molecule has 0 unspecified atom stereocenters. The Morgan fingerprint density at radius 2 is 1.90 bits per heavy atom.